The Morgan fingerprint density at radius 3 is 2.20 bits per heavy atom. The molecule has 1 fully saturated rings. The van der Waals surface area contributed by atoms with Gasteiger partial charge in [0.2, 0.25) is 0 Å². The normalized spacial score (nSPS) is 22.2. The Labute approximate surface area is 153 Å². The van der Waals surface area contributed by atoms with E-state index in [1.807, 2.05) is 0 Å². The lowest BCUT2D eigenvalue weighted by atomic mass is 10.0. The van der Waals surface area contributed by atoms with Crippen LogP contribution in [0.5, 0.6) is 0 Å². The van der Waals surface area contributed by atoms with Crippen LogP contribution in [0.3, 0.4) is 0 Å². The average molecular weight is 352 g/mol. The maximum absolute atomic E-state index is 11.4. The Hall–Kier alpha value is -1.03. The molecule has 4 nitrogen and oxygen atoms in total. The summed E-state index contributed by atoms with van der Waals surface area (Å²) < 4.78 is 10.6. The Morgan fingerprint density at radius 1 is 1.00 bits per heavy atom. The first-order chi connectivity index (χ1) is 12.3. The Bertz CT molecular complexity index is 433. The van der Waals surface area contributed by atoms with E-state index in [0.717, 1.165) is 6.42 Å². The molecule has 1 heterocycles. The highest BCUT2D eigenvalue weighted by molar-refractivity contribution is 5.71. The van der Waals surface area contributed by atoms with Crippen LogP contribution in [0.4, 0.5) is 4.79 Å². The fourth-order valence-electron chi connectivity index (χ4n) is 3.82. The number of ether oxygens (including phenoxy) is 2. The van der Waals surface area contributed by atoms with Crippen molar-refractivity contribution in [2.45, 2.75) is 103 Å². The van der Waals surface area contributed by atoms with Crippen LogP contribution in [0.1, 0.15) is 90.4 Å². The van der Waals surface area contributed by atoms with Gasteiger partial charge < -0.3 is 14.8 Å². The number of carbonyl (C=O) groups excluding carboxylic acids is 1. The topological polar surface area (TPSA) is 47.6 Å². The Morgan fingerprint density at radius 2 is 1.60 bits per heavy atom. The summed E-state index contributed by atoms with van der Waals surface area (Å²) in [5.41, 5.74) is 2.85. The summed E-state index contributed by atoms with van der Waals surface area (Å²) in [6.45, 7) is 2.79. The minimum Gasteiger partial charge on any atom is -0.439 e. The number of amides is 1. The third-order valence-corrected chi connectivity index (χ3v) is 5.41. The Kier molecular flexibility index (Phi) is 9.38. The van der Waals surface area contributed by atoms with Crippen LogP contribution < -0.4 is 5.32 Å². The predicted octanol–water partition coefficient (Wildman–Crippen LogP) is 5.51. The Balaban J connectivity index is 1.47. The zero-order valence-corrected chi connectivity index (χ0v) is 16.3. The van der Waals surface area contributed by atoms with Crippen LogP contribution in [0, 0.1) is 0 Å². The lowest BCUT2D eigenvalue weighted by Crippen LogP contribution is -2.35. The van der Waals surface area contributed by atoms with Crippen LogP contribution in [0.15, 0.2) is 11.1 Å². The molecule has 2 atom stereocenters. The van der Waals surface area contributed by atoms with Gasteiger partial charge in [-0.05, 0) is 24.8 Å². The summed E-state index contributed by atoms with van der Waals surface area (Å²) in [5.74, 6) is 0. The van der Waals surface area contributed by atoms with E-state index in [2.05, 4.69) is 12.2 Å². The highest BCUT2D eigenvalue weighted by Gasteiger charge is 2.42. The average Bonchev–Trinajstić information content (AvgIpc) is 3.27. The van der Waals surface area contributed by atoms with E-state index >= 15 is 0 Å². The van der Waals surface area contributed by atoms with Gasteiger partial charge in [-0.2, -0.15) is 0 Å². The zero-order chi connectivity index (χ0) is 17.9. The van der Waals surface area contributed by atoms with Crippen molar-refractivity contribution >= 4 is 6.09 Å². The number of cyclic esters (lactones) is 1. The van der Waals surface area contributed by atoms with Crippen molar-refractivity contribution in [3.05, 3.63) is 11.1 Å². The molecule has 0 bridgehead atoms. The van der Waals surface area contributed by atoms with Gasteiger partial charge in [0.05, 0.1) is 12.6 Å². The minimum atomic E-state index is -0.305. The molecule has 4 heteroatoms. The van der Waals surface area contributed by atoms with E-state index in [-0.39, 0.29) is 18.2 Å². The standard InChI is InChI=1S/C21H37NO3/c1-3-4-5-6-7-8-9-10-11-12-13-14-17-15-18(17)20-19(16-24-2)22-21(23)25-20/h19-20H,3-16H2,1-2H3,(H,22,23)/t19-,20+/m0/s1. The quantitative estimate of drug-likeness (QED) is 0.312. The smallest absolute Gasteiger partial charge is 0.408 e. The van der Waals surface area contributed by atoms with Crippen LogP contribution >= 0.6 is 0 Å². The summed E-state index contributed by atoms with van der Waals surface area (Å²) >= 11 is 0. The molecule has 2 rings (SSSR count). The fraction of sp³-hybridized carbons (Fsp3) is 0.857. The first-order valence-corrected chi connectivity index (χ1v) is 10.4. The fourth-order valence-corrected chi connectivity index (χ4v) is 3.82. The predicted molar refractivity (Wildman–Crippen MR) is 102 cm³/mol. The summed E-state index contributed by atoms with van der Waals surface area (Å²) in [7, 11) is 1.66. The van der Waals surface area contributed by atoms with Crippen LogP contribution in [0.2, 0.25) is 0 Å². The molecule has 0 aromatic rings. The molecule has 0 saturated carbocycles. The highest BCUT2D eigenvalue weighted by Crippen LogP contribution is 2.41. The summed E-state index contributed by atoms with van der Waals surface area (Å²) in [6, 6.07) is -0.0117. The second-order valence-corrected chi connectivity index (χ2v) is 7.62. The molecule has 1 aliphatic heterocycles. The molecule has 1 amide bonds. The number of hydrogen-bond acceptors (Lipinski definition) is 3. The minimum absolute atomic E-state index is 0.0117. The molecule has 0 radical (unpaired) electrons. The van der Waals surface area contributed by atoms with Gasteiger partial charge in [-0.1, -0.05) is 76.7 Å². The van der Waals surface area contributed by atoms with Crippen molar-refractivity contribution in [3.63, 3.8) is 0 Å². The van der Waals surface area contributed by atoms with Gasteiger partial charge in [0.1, 0.15) is 6.10 Å². The van der Waals surface area contributed by atoms with Gasteiger partial charge in [0.15, 0.2) is 0 Å². The molecular formula is C21H37NO3. The molecule has 0 unspecified atom stereocenters. The van der Waals surface area contributed by atoms with Gasteiger partial charge in [0, 0.05) is 7.11 Å². The SMILES string of the molecule is CCCCCCCCCCCCCC1=C([C@H]2OC(=O)N[C@H]2COC)C1. The van der Waals surface area contributed by atoms with Crippen LogP contribution in [-0.4, -0.2) is 32.0 Å². The number of methoxy groups -OCH3 is 1. The number of rotatable bonds is 15. The summed E-state index contributed by atoms with van der Waals surface area (Å²) in [4.78, 5) is 11.4. The molecule has 2 aliphatic rings. The largest absolute Gasteiger partial charge is 0.439 e. The number of allylic oxidation sites excluding steroid dienone is 1. The van der Waals surface area contributed by atoms with Gasteiger partial charge in [-0.3, -0.25) is 0 Å². The van der Waals surface area contributed by atoms with E-state index < -0.39 is 0 Å². The van der Waals surface area contributed by atoms with Crippen molar-refractivity contribution in [1.82, 2.24) is 5.32 Å². The van der Waals surface area contributed by atoms with Crippen LogP contribution in [-0.2, 0) is 9.47 Å². The first-order valence-electron chi connectivity index (χ1n) is 10.4. The highest BCUT2D eigenvalue weighted by atomic mass is 16.6. The van der Waals surface area contributed by atoms with Gasteiger partial charge in [-0.25, -0.2) is 4.79 Å². The second kappa shape index (κ2) is 11.6. The number of unbranched alkanes of at least 4 members (excludes halogenated alkanes) is 10. The summed E-state index contributed by atoms with van der Waals surface area (Å²) in [5, 5.41) is 2.84. The van der Waals surface area contributed by atoms with Crippen molar-refractivity contribution in [3.8, 4) is 0 Å². The molecule has 25 heavy (non-hydrogen) atoms. The summed E-state index contributed by atoms with van der Waals surface area (Å²) in [6.07, 6.45) is 17.0. The molecule has 1 saturated heterocycles. The molecule has 144 valence electrons. The maximum atomic E-state index is 11.4. The van der Waals surface area contributed by atoms with Crippen molar-refractivity contribution in [2.75, 3.05) is 13.7 Å². The van der Waals surface area contributed by atoms with Gasteiger partial charge in [-0.15, -0.1) is 0 Å². The van der Waals surface area contributed by atoms with Gasteiger partial charge >= 0.3 is 6.09 Å². The van der Waals surface area contributed by atoms with E-state index in [1.165, 1.54) is 88.2 Å². The molecular weight excluding hydrogens is 314 g/mol. The van der Waals surface area contributed by atoms with E-state index in [9.17, 15) is 4.79 Å². The molecule has 0 aromatic carbocycles. The lowest BCUT2D eigenvalue weighted by Gasteiger charge is -2.12. The molecule has 0 aromatic heterocycles. The monoisotopic (exact) mass is 351 g/mol. The maximum Gasteiger partial charge on any atom is 0.408 e. The number of alkyl carbamates (subject to hydrolysis) is 1. The van der Waals surface area contributed by atoms with Gasteiger partial charge in [0.25, 0.3) is 0 Å². The molecule has 1 aliphatic carbocycles. The molecule has 0 spiro atoms. The zero-order valence-electron chi connectivity index (χ0n) is 16.3. The van der Waals surface area contributed by atoms with E-state index in [0.29, 0.717) is 6.61 Å². The number of hydrogen-bond donors (Lipinski definition) is 1. The number of nitrogens with one attached hydrogen (secondary N) is 1. The lowest BCUT2D eigenvalue weighted by molar-refractivity contribution is 0.124. The third kappa shape index (κ3) is 7.39. The van der Waals surface area contributed by atoms with Crippen LogP contribution in [0.25, 0.3) is 0 Å². The van der Waals surface area contributed by atoms with E-state index in [1.54, 1.807) is 7.11 Å². The van der Waals surface area contributed by atoms with Crippen molar-refractivity contribution in [2.24, 2.45) is 0 Å². The van der Waals surface area contributed by atoms with E-state index in [4.69, 9.17) is 9.47 Å². The third-order valence-electron chi connectivity index (χ3n) is 5.41. The number of carbonyl (C=O) groups is 1. The second-order valence-electron chi connectivity index (χ2n) is 7.62. The molecule has 1 N–H and O–H groups in total. The first kappa shape index (κ1) is 20.3. The van der Waals surface area contributed by atoms with Crippen molar-refractivity contribution < 1.29 is 14.3 Å². The van der Waals surface area contributed by atoms with Crippen molar-refractivity contribution in [1.29, 1.82) is 0 Å².